The molecule has 0 saturated heterocycles. The van der Waals surface area contributed by atoms with Gasteiger partial charge in [-0.15, -0.1) is 0 Å². The number of hydrogen-bond acceptors (Lipinski definition) is 3. The molecule has 0 heterocycles. The van der Waals surface area contributed by atoms with Gasteiger partial charge in [-0.25, -0.2) is 0 Å². The molecular weight excluding hydrogens is 252 g/mol. The maximum atomic E-state index is 10.3. The minimum Gasteiger partial charge on any atom is -0.492 e. The summed E-state index contributed by atoms with van der Waals surface area (Å²) in [4.78, 5) is 0. The Hall–Kier alpha value is -0.930. The van der Waals surface area contributed by atoms with Crippen LogP contribution in [0.25, 0.3) is 0 Å². The zero-order valence-corrected chi connectivity index (χ0v) is 12.6. The van der Waals surface area contributed by atoms with Crippen molar-refractivity contribution >= 4 is 11.6 Å². The monoisotopic (exact) mass is 272 g/mol. The minimum absolute atomic E-state index is 0.188. The first-order chi connectivity index (χ1) is 8.23. The molecule has 1 N–H and O–H groups in total. The zero-order chi connectivity index (χ0) is 14.1. The van der Waals surface area contributed by atoms with E-state index in [2.05, 4.69) is 0 Å². The summed E-state index contributed by atoms with van der Waals surface area (Å²) >= 11 is 6.18. The van der Waals surface area contributed by atoms with E-state index in [1.54, 1.807) is 34.1 Å². The van der Waals surface area contributed by atoms with Crippen LogP contribution in [0.2, 0.25) is 5.02 Å². The fourth-order valence-corrected chi connectivity index (χ4v) is 2.37. The van der Waals surface area contributed by atoms with Crippen molar-refractivity contribution in [1.82, 2.24) is 0 Å². The van der Waals surface area contributed by atoms with E-state index in [1.807, 2.05) is 13.8 Å². The van der Waals surface area contributed by atoms with E-state index in [-0.39, 0.29) is 5.92 Å². The number of hydrogen-bond donors (Lipinski definition) is 1. The molecule has 18 heavy (non-hydrogen) atoms. The third kappa shape index (κ3) is 2.73. The molecule has 0 aliphatic heterocycles. The number of rotatable bonds is 4. The smallest absolute Gasteiger partial charge is 0.179 e. The average Bonchev–Trinajstić information content (AvgIpc) is 2.25. The quantitative estimate of drug-likeness (QED) is 0.908. The van der Waals surface area contributed by atoms with Gasteiger partial charge in [0.05, 0.1) is 24.8 Å². The van der Waals surface area contributed by atoms with E-state index in [0.29, 0.717) is 16.5 Å². The van der Waals surface area contributed by atoms with E-state index in [4.69, 9.17) is 21.1 Å². The van der Waals surface area contributed by atoms with Crippen LogP contribution >= 0.6 is 11.6 Å². The van der Waals surface area contributed by atoms with Gasteiger partial charge in [-0.2, -0.15) is 0 Å². The lowest BCUT2D eigenvalue weighted by Crippen LogP contribution is -2.19. The molecule has 1 aromatic rings. The molecule has 0 aromatic heterocycles. The van der Waals surface area contributed by atoms with Gasteiger partial charge in [-0.1, -0.05) is 25.4 Å². The summed E-state index contributed by atoms with van der Waals surface area (Å²) in [6.45, 7) is 7.55. The Kier molecular flexibility index (Phi) is 4.51. The third-order valence-corrected chi connectivity index (χ3v) is 3.15. The van der Waals surface area contributed by atoms with Crippen molar-refractivity contribution in [2.24, 2.45) is 0 Å². The molecule has 0 aliphatic rings. The average molecular weight is 273 g/mol. The number of methoxy groups -OCH3 is 2. The summed E-state index contributed by atoms with van der Waals surface area (Å²) in [5.74, 6) is 1.29. The number of halogens is 1. The Morgan fingerprint density at radius 2 is 1.67 bits per heavy atom. The summed E-state index contributed by atoms with van der Waals surface area (Å²) in [6, 6.07) is 1.75. The number of benzene rings is 1. The largest absolute Gasteiger partial charge is 0.492 e. The van der Waals surface area contributed by atoms with E-state index < -0.39 is 5.60 Å². The van der Waals surface area contributed by atoms with Crippen molar-refractivity contribution in [3.05, 3.63) is 22.2 Å². The van der Waals surface area contributed by atoms with Crippen molar-refractivity contribution in [3.8, 4) is 11.5 Å². The Morgan fingerprint density at radius 1 is 1.17 bits per heavy atom. The fraction of sp³-hybridized carbons (Fsp3) is 0.571. The molecule has 0 spiro atoms. The molecule has 0 fully saturated rings. The molecule has 0 aliphatic carbocycles. The molecule has 0 unspecified atom stereocenters. The Morgan fingerprint density at radius 3 is 2.00 bits per heavy atom. The first-order valence-corrected chi connectivity index (χ1v) is 6.29. The standard InChI is InChI=1S/C14H21ClO3/c1-8(2)11-9(14(3,4)16)7-10(15)12(17-5)13(11)18-6/h7-8,16H,1-6H3. The van der Waals surface area contributed by atoms with Crippen LogP contribution in [0, 0.1) is 0 Å². The van der Waals surface area contributed by atoms with Crippen molar-refractivity contribution in [3.63, 3.8) is 0 Å². The number of aliphatic hydroxyl groups is 1. The molecule has 0 saturated carbocycles. The molecule has 1 rings (SSSR count). The van der Waals surface area contributed by atoms with E-state index in [0.717, 1.165) is 11.1 Å². The highest BCUT2D eigenvalue weighted by Gasteiger charge is 2.28. The molecule has 1 aromatic carbocycles. The molecule has 0 bridgehead atoms. The van der Waals surface area contributed by atoms with Crippen molar-refractivity contribution in [2.75, 3.05) is 14.2 Å². The topological polar surface area (TPSA) is 38.7 Å². The normalized spacial score (nSPS) is 11.8. The van der Waals surface area contributed by atoms with E-state index >= 15 is 0 Å². The summed E-state index contributed by atoms with van der Waals surface area (Å²) < 4.78 is 10.7. The summed E-state index contributed by atoms with van der Waals surface area (Å²) in [5, 5.41) is 10.7. The highest BCUT2D eigenvalue weighted by molar-refractivity contribution is 6.32. The van der Waals surface area contributed by atoms with Crippen LogP contribution in [0.15, 0.2) is 6.07 Å². The SMILES string of the molecule is COc1c(Cl)cc(C(C)(C)O)c(C(C)C)c1OC. The van der Waals surface area contributed by atoms with Crippen LogP contribution in [-0.2, 0) is 5.60 Å². The lowest BCUT2D eigenvalue weighted by atomic mass is 9.87. The van der Waals surface area contributed by atoms with E-state index in [9.17, 15) is 5.11 Å². The van der Waals surface area contributed by atoms with Gasteiger partial charge in [0.25, 0.3) is 0 Å². The fourth-order valence-electron chi connectivity index (χ4n) is 2.10. The van der Waals surface area contributed by atoms with E-state index in [1.165, 1.54) is 0 Å². The Labute approximate surface area is 114 Å². The predicted octanol–water partition coefficient (Wildman–Crippen LogP) is 3.71. The zero-order valence-electron chi connectivity index (χ0n) is 11.8. The lowest BCUT2D eigenvalue weighted by molar-refractivity contribution is 0.0769. The first-order valence-electron chi connectivity index (χ1n) is 5.91. The van der Waals surface area contributed by atoms with Gasteiger partial charge in [0, 0.05) is 5.56 Å². The van der Waals surface area contributed by atoms with Crippen LogP contribution in [0.4, 0.5) is 0 Å². The van der Waals surface area contributed by atoms with Crippen LogP contribution < -0.4 is 9.47 Å². The first kappa shape index (κ1) is 15.1. The second-order valence-corrected chi connectivity index (χ2v) is 5.51. The van der Waals surface area contributed by atoms with Crippen molar-refractivity contribution in [1.29, 1.82) is 0 Å². The molecular formula is C14H21ClO3. The van der Waals surface area contributed by atoms with Crippen LogP contribution in [-0.4, -0.2) is 19.3 Å². The Bertz CT molecular complexity index is 434. The third-order valence-electron chi connectivity index (χ3n) is 2.87. The molecule has 0 radical (unpaired) electrons. The highest BCUT2D eigenvalue weighted by atomic mass is 35.5. The van der Waals surface area contributed by atoms with Crippen LogP contribution in [0.1, 0.15) is 44.7 Å². The number of ether oxygens (including phenoxy) is 2. The van der Waals surface area contributed by atoms with Gasteiger partial charge in [0.1, 0.15) is 0 Å². The summed E-state index contributed by atoms with van der Waals surface area (Å²) in [7, 11) is 3.13. The molecule has 0 atom stereocenters. The van der Waals surface area contributed by atoms with Gasteiger partial charge in [-0.3, -0.25) is 0 Å². The van der Waals surface area contributed by atoms with Gasteiger partial charge in [-0.05, 0) is 31.4 Å². The van der Waals surface area contributed by atoms with Crippen LogP contribution in [0.5, 0.6) is 11.5 Å². The predicted molar refractivity (Wildman–Crippen MR) is 73.9 cm³/mol. The van der Waals surface area contributed by atoms with Crippen molar-refractivity contribution < 1.29 is 14.6 Å². The van der Waals surface area contributed by atoms with Gasteiger partial charge in [0.2, 0.25) is 0 Å². The Balaban J connectivity index is 3.69. The second kappa shape index (κ2) is 5.37. The minimum atomic E-state index is -0.983. The molecule has 3 nitrogen and oxygen atoms in total. The second-order valence-electron chi connectivity index (χ2n) is 5.10. The van der Waals surface area contributed by atoms with Crippen molar-refractivity contribution in [2.45, 2.75) is 39.2 Å². The highest BCUT2D eigenvalue weighted by Crippen LogP contribution is 2.45. The summed E-state index contributed by atoms with van der Waals surface area (Å²) in [6.07, 6.45) is 0. The maximum absolute atomic E-state index is 10.3. The molecule has 102 valence electrons. The van der Waals surface area contributed by atoms with Gasteiger partial charge in [0.15, 0.2) is 11.5 Å². The van der Waals surface area contributed by atoms with Gasteiger partial charge >= 0.3 is 0 Å². The van der Waals surface area contributed by atoms with Crippen LogP contribution in [0.3, 0.4) is 0 Å². The lowest BCUT2D eigenvalue weighted by Gasteiger charge is -2.27. The maximum Gasteiger partial charge on any atom is 0.179 e. The van der Waals surface area contributed by atoms with Gasteiger partial charge < -0.3 is 14.6 Å². The molecule has 0 amide bonds. The summed E-state index contributed by atoms with van der Waals surface area (Å²) in [5.41, 5.74) is 0.703. The molecule has 4 heteroatoms.